The van der Waals surface area contributed by atoms with Crippen LogP contribution in [0.15, 0.2) is 72.8 Å². The summed E-state index contributed by atoms with van der Waals surface area (Å²) in [5.74, 6) is -0.997. The third-order valence-electron chi connectivity index (χ3n) is 2.91. The first-order chi connectivity index (χ1) is 12.8. The summed E-state index contributed by atoms with van der Waals surface area (Å²) in [6, 6.07) is 18.6. The highest BCUT2D eigenvalue weighted by Crippen LogP contribution is 2.00. The normalized spacial score (nSPS) is 10.0. The molecule has 0 fully saturated rings. The zero-order valence-electron chi connectivity index (χ0n) is 15.7. The second-order valence-electron chi connectivity index (χ2n) is 5.79. The Bertz CT molecular complexity index is 648. The minimum Gasteiger partial charge on any atom is -0.478 e. The highest BCUT2D eigenvalue weighted by molar-refractivity contribution is 6.08. The zero-order chi connectivity index (χ0) is 20.5. The lowest BCUT2D eigenvalue weighted by atomic mass is 10.2. The van der Waals surface area contributed by atoms with E-state index >= 15 is 0 Å². The van der Waals surface area contributed by atoms with Crippen molar-refractivity contribution >= 4 is 40.4 Å². The van der Waals surface area contributed by atoms with Crippen LogP contribution in [0.1, 0.15) is 25.0 Å². The molecule has 2 radical (unpaired) electrons. The lowest BCUT2D eigenvalue weighted by Gasteiger charge is -1.91. The van der Waals surface area contributed by atoms with Gasteiger partial charge < -0.3 is 10.2 Å². The molecule has 5 heteroatoms. The van der Waals surface area contributed by atoms with Crippen molar-refractivity contribution in [2.75, 3.05) is 0 Å². The summed E-state index contributed by atoms with van der Waals surface area (Å²) in [6.07, 6.45) is 5.36. The Morgan fingerprint density at radius 3 is 1.33 bits per heavy atom. The van der Waals surface area contributed by atoms with Gasteiger partial charge in [-0.3, -0.25) is 0 Å². The van der Waals surface area contributed by atoms with Gasteiger partial charge in [-0.05, 0) is 23.3 Å². The van der Waals surface area contributed by atoms with E-state index in [0.29, 0.717) is 0 Å². The summed E-state index contributed by atoms with van der Waals surface area (Å²) in [6.45, 7) is 4.40. The van der Waals surface area contributed by atoms with E-state index in [9.17, 15) is 9.59 Å². The summed E-state index contributed by atoms with van der Waals surface area (Å²) < 4.78 is 0. The average molecular weight is 380 g/mol. The van der Waals surface area contributed by atoms with Gasteiger partial charge in [-0.2, -0.15) is 0 Å². The van der Waals surface area contributed by atoms with Crippen molar-refractivity contribution in [1.29, 1.82) is 0 Å². The number of benzene rings is 2. The topological polar surface area (TPSA) is 74.6 Å². The molecule has 0 aliphatic heterocycles. The molecule has 2 aromatic carbocycles. The molecule has 0 aliphatic carbocycles. The van der Waals surface area contributed by atoms with Crippen molar-refractivity contribution in [2.24, 2.45) is 5.92 Å². The number of carboxylic acid groups (broad SMARTS) is 2. The number of hydrogen-bond acceptors (Lipinski definition) is 2. The Labute approximate surface area is 169 Å². The number of rotatable bonds is 5. The third-order valence-corrected chi connectivity index (χ3v) is 3.85. The smallest absolute Gasteiger partial charge is 0.328 e. The summed E-state index contributed by atoms with van der Waals surface area (Å²) in [7, 11) is 0. The van der Waals surface area contributed by atoms with Crippen molar-refractivity contribution < 1.29 is 19.8 Å². The summed E-state index contributed by atoms with van der Waals surface area (Å²) in [5, 5.41) is 17.8. The summed E-state index contributed by atoms with van der Waals surface area (Å²) in [5.41, 5.74) is 1.80. The first-order valence-corrected chi connectivity index (χ1v) is 9.29. The molecule has 0 atom stereocenters. The minimum atomic E-state index is -0.922. The zero-order valence-corrected chi connectivity index (χ0v) is 16.8. The molecule has 0 amide bonds. The highest BCUT2D eigenvalue weighted by Gasteiger charge is 1.86. The first-order valence-electron chi connectivity index (χ1n) is 8.47. The molecule has 4 nitrogen and oxygen atoms in total. The maximum Gasteiger partial charge on any atom is 0.328 e. The molecule has 0 aliphatic rings. The first kappa shape index (κ1) is 24.4. The lowest BCUT2D eigenvalue weighted by Crippen LogP contribution is -1.85. The van der Waals surface area contributed by atoms with Gasteiger partial charge in [-0.15, -0.1) is 5.28 Å². The monoisotopic (exact) mass is 380 g/mol. The van der Waals surface area contributed by atoms with Crippen LogP contribution in [0, 0.1) is 5.92 Å². The predicted octanol–water partition coefficient (Wildman–Crippen LogP) is 4.80. The molecule has 0 saturated heterocycles. The van der Waals surface area contributed by atoms with Gasteiger partial charge >= 0.3 is 11.9 Å². The van der Waals surface area contributed by atoms with Crippen LogP contribution >= 0.6 is 0 Å². The quantitative estimate of drug-likeness (QED) is 0.577. The maximum absolute atomic E-state index is 10.1. The fourth-order valence-electron chi connectivity index (χ4n) is 1.46. The Hall–Kier alpha value is -2.61. The van der Waals surface area contributed by atoms with Crippen molar-refractivity contribution in [1.82, 2.24) is 0 Å². The molecule has 0 unspecified atom stereocenters. The molecule has 0 bridgehead atoms. The van der Waals surface area contributed by atoms with Crippen LogP contribution < -0.4 is 0 Å². The molecular weight excluding hydrogens is 355 g/mol. The van der Waals surface area contributed by atoms with Gasteiger partial charge in [0.2, 0.25) is 0 Å². The van der Waals surface area contributed by atoms with Gasteiger partial charge in [0.1, 0.15) is 16.3 Å². The predicted molar refractivity (Wildman–Crippen MR) is 112 cm³/mol. The molecule has 0 spiro atoms. The minimum absolute atomic E-state index is 0.847. The maximum atomic E-state index is 10.1. The fraction of sp³-hybridized carbons (Fsp3) is 0.182. The summed E-state index contributed by atoms with van der Waals surface area (Å²) in [4.78, 5) is 20.2. The van der Waals surface area contributed by atoms with E-state index in [-0.39, 0.29) is 0 Å². The molecule has 2 rings (SSSR count). The van der Waals surface area contributed by atoms with E-state index in [2.05, 4.69) is 30.1 Å². The molecule has 27 heavy (non-hydrogen) atoms. The lowest BCUT2D eigenvalue weighted by molar-refractivity contribution is -0.132. The van der Waals surface area contributed by atoms with Crippen molar-refractivity contribution in [3.05, 3.63) is 83.9 Å². The second-order valence-corrected chi connectivity index (χ2v) is 6.27. The van der Waals surface area contributed by atoms with Crippen LogP contribution in [0.25, 0.3) is 12.2 Å². The Morgan fingerprint density at radius 1 is 0.815 bits per heavy atom. The van der Waals surface area contributed by atoms with Gasteiger partial charge in [-0.1, -0.05) is 80.4 Å². The van der Waals surface area contributed by atoms with Gasteiger partial charge in [0, 0.05) is 12.2 Å². The fourth-order valence-corrected chi connectivity index (χ4v) is 1.46. The van der Waals surface area contributed by atoms with Crippen LogP contribution in [0.2, 0.25) is 5.28 Å². The molecule has 0 heterocycles. The van der Waals surface area contributed by atoms with Crippen LogP contribution in [-0.4, -0.2) is 38.4 Å². The van der Waals surface area contributed by atoms with Crippen molar-refractivity contribution in [3.8, 4) is 0 Å². The van der Waals surface area contributed by atoms with Crippen LogP contribution in [-0.2, 0) is 9.59 Å². The SMILES string of the molecule is CC(C)[CH2][Al].O=C(O)C=Cc1ccccc1.O=C(O)C=Cc1ccccc1. The highest BCUT2D eigenvalue weighted by atomic mass is 27.0. The number of carbonyl (C=O) groups is 2. The van der Waals surface area contributed by atoms with Gasteiger partial charge in [0.05, 0.1) is 0 Å². The average Bonchev–Trinajstić information content (AvgIpc) is 2.67. The van der Waals surface area contributed by atoms with Crippen molar-refractivity contribution in [3.63, 3.8) is 0 Å². The Kier molecular flexibility index (Phi) is 14.1. The molecular formula is C22H25AlO4. The number of aliphatic carboxylic acids is 2. The molecule has 140 valence electrons. The third kappa shape index (κ3) is 16.6. The standard InChI is InChI=1S/2C9H8O2.C4H9.Al/c2*10-9(11)7-6-8-4-2-1-3-5-8;1-4(2)3;/h2*1-7H,(H,10,11);4H,1H2,2-3H3;. The number of carboxylic acids is 2. The Balaban J connectivity index is 0.000000405. The molecule has 2 N–H and O–H groups in total. The van der Waals surface area contributed by atoms with E-state index in [1.807, 2.05) is 60.7 Å². The van der Waals surface area contributed by atoms with E-state index < -0.39 is 11.9 Å². The number of hydrogen-bond donors (Lipinski definition) is 2. The molecule has 0 saturated carbocycles. The Morgan fingerprint density at radius 2 is 1.11 bits per heavy atom. The van der Waals surface area contributed by atoms with E-state index in [1.54, 1.807) is 12.2 Å². The second kappa shape index (κ2) is 15.6. The van der Waals surface area contributed by atoms with Crippen LogP contribution in [0.4, 0.5) is 0 Å². The molecule has 2 aromatic rings. The molecule has 0 aromatic heterocycles. The van der Waals surface area contributed by atoms with E-state index in [4.69, 9.17) is 10.2 Å². The van der Waals surface area contributed by atoms with Crippen LogP contribution in [0.5, 0.6) is 0 Å². The van der Waals surface area contributed by atoms with Gasteiger partial charge in [0.15, 0.2) is 0 Å². The van der Waals surface area contributed by atoms with E-state index in [0.717, 1.165) is 29.2 Å². The van der Waals surface area contributed by atoms with Crippen LogP contribution in [0.3, 0.4) is 0 Å². The van der Waals surface area contributed by atoms with Gasteiger partial charge in [-0.25, -0.2) is 9.59 Å². The largest absolute Gasteiger partial charge is 0.478 e. The van der Waals surface area contributed by atoms with Crippen molar-refractivity contribution in [2.45, 2.75) is 19.1 Å². The van der Waals surface area contributed by atoms with Gasteiger partial charge in [0.25, 0.3) is 0 Å². The van der Waals surface area contributed by atoms with E-state index in [1.165, 1.54) is 5.28 Å². The summed E-state index contributed by atoms with van der Waals surface area (Å²) >= 11 is 2.69.